The van der Waals surface area contributed by atoms with Gasteiger partial charge in [-0.1, -0.05) is 24.3 Å². The van der Waals surface area contributed by atoms with Gasteiger partial charge in [-0.2, -0.15) is 0 Å². The van der Waals surface area contributed by atoms with Crippen molar-refractivity contribution in [2.75, 3.05) is 0 Å². The van der Waals surface area contributed by atoms with Crippen molar-refractivity contribution in [2.45, 2.75) is 0 Å². The van der Waals surface area contributed by atoms with Crippen LogP contribution < -0.4 is 0 Å². The number of hydrogen-bond donors (Lipinski definition) is 0. The van der Waals surface area contributed by atoms with Gasteiger partial charge in [0.05, 0.1) is 5.69 Å². The summed E-state index contributed by atoms with van der Waals surface area (Å²) >= 11 is 1.64. The minimum absolute atomic E-state index is 1.00. The van der Waals surface area contributed by atoms with Crippen molar-refractivity contribution in [3.8, 4) is 21.8 Å². The zero-order valence-corrected chi connectivity index (χ0v) is 9.82. The molecule has 1 aromatic carbocycles. The first-order chi connectivity index (χ1) is 8.43. The van der Waals surface area contributed by atoms with E-state index in [1.165, 1.54) is 0 Å². The number of hydrogen-bond acceptors (Lipinski definition) is 3. The minimum atomic E-state index is 1.00. The topological polar surface area (TPSA) is 25.8 Å². The van der Waals surface area contributed by atoms with Gasteiger partial charge in [0.2, 0.25) is 0 Å². The van der Waals surface area contributed by atoms with Gasteiger partial charge >= 0.3 is 0 Å². The Morgan fingerprint density at radius 2 is 1.94 bits per heavy atom. The molecular weight excluding hydrogens is 228 g/mol. The van der Waals surface area contributed by atoms with Gasteiger partial charge in [-0.3, -0.25) is 4.98 Å². The second kappa shape index (κ2) is 4.47. The van der Waals surface area contributed by atoms with E-state index in [4.69, 9.17) is 0 Å². The van der Waals surface area contributed by atoms with Crippen LogP contribution in [0.3, 0.4) is 0 Å². The van der Waals surface area contributed by atoms with Crippen LogP contribution in [0.1, 0.15) is 0 Å². The molecular formula is C14H9N2S. The van der Waals surface area contributed by atoms with Crippen LogP contribution >= 0.6 is 11.3 Å². The first-order valence-electron chi connectivity index (χ1n) is 5.26. The highest BCUT2D eigenvalue weighted by molar-refractivity contribution is 7.13. The summed E-state index contributed by atoms with van der Waals surface area (Å²) < 4.78 is 0. The minimum Gasteiger partial charge on any atom is -0.264 e. The van der Waals surface area contributed by atoms with Crippen LogP contribution in [-0.4, -0.2) is 9.97 Å². The molecule has 3 aromatic rings. The van der Waals surface area contributed by atoms with Crippen molar-refractivity contribution >= 4 is 11.3 Å². The number of thiazole rings is 1. The lowest BCUT2D eigenvalue weighted by Gasteiger charge is -1.95. The smallest absolute Gasteiger partial charge is 0.125 e. The van der Waals surface area contributed by atoms with Crippen LogP contribution in [0.15, 0.2) is 54.2 Å². The Morgan fingerprint density at radius 3 is 2.71 bits per heavy atom. The van der Waals surface area contributed by atoms with Gasteiger partial charge in [0.15, 0.2) is 0 Å². The molecule has 0 fully saturated rings. The largest absolute Gasteiger partial charge is 0.264 e. The molecule has 2 heterocycles. The van der Waals surface area contributed by atoms with Gasteiger partial charge < -0.3 is 0 Å². The highest BCUT2D eigenvalue weighted by Gasteiger charge is 2.05. The van der Waals surface area contributed by atoms with Crippen molar-refractivity contribution in [1.82, 2.24) is 9.97 Å². The average Bonchev–Trinajstić information content (AvgIpc) is 2.90. The summed E-state index contributed by atoms with van der Waals surface area (Å²) in [5, 5.41) is 3.07. The summed E-state index contributed by atoms with van der Waals surface area (Å²) in [6.45, 7) is 0. The summed E-state index contributed by atoms with van der Waals surface area (Å²) in [5.41, 5.74) is 3.18. The Hall–Kier alpha value is -2.00. The van der Waals surface area contributed by atoms with Crippen LogP contribution in [0.5, 0.6) is 0 Å². The van der Waals surface area contributed by atoms with Crippen molar-refractivity contribution in [3.05, 3.63) is 60.2 Å². The fraction of sp³-hybridized carbons (Fsp3) is 0. The van der Waals surface area contributed by atoms with Crippen LogP contribution in [0, 0.1) is 6.07 Å². The number of pyridine rings is 1. The maximum Gasteiger partial charge on any atom is 0.125 e. The van der Waals surface area contributed by atoms with Gasteiger partial charge in [-0.05, 0) is 18.2 Å². The van der Waals surface area contributed by atoms with Crippen molar-refractivity contribution in [3.63, 3.8) is 0 Å². The molecule has 1 radical (unpaired) electrons. The summed E-state index contributed by atoms with van der Waals surface area (Å²) in [6, 6.07) is 14.8. The highest BCUT2D eigenvalue weighted by Crippen LogP contribution is 2.27. The fourth-order valence-corrected chi connectivity index (χ4v) is 2.41. The number of rotatable bonds is 2. The summed E-state index contributed by atoms with van der Waals surface area (Å²) in [6.07, 6.45) is 3.60. The molecule has 3 rings (SSSR count). The molecule has 81 valence electrons. The fourth-order valence-electron chi connectivity index (χ4n) is 1.59. The van der Waals surface area contributed by atoms with Crippen LogP contribution in [0.4, 0.5) is 0 Å². The molecule has 3 heteroatoms. The van der Waals surface area contributed by atoms with Gasteiger partial charge in [0, 0.05) is 28.9 Å². The molecule has 0 aliphatic heterocycles. The zero-order chi connectivity index (χ0) is 11.5. The number of nitrogens with zero attached hydrogens (tertiary/aromatic N) is 2. The lowest BCUT2D eigenvalue weighted by Crippen LogP contribution is -1.79. The average molecular weight is 237 g/mol. The zero-order valence-electron chi connectivity index (χ0n) is 9.00. The molecule has 2 nitrogen and oxygen atoms in total. The SMILES string of the molecule is [c]1ccc(-c2csc(-c3cccnc3)n2)cc1. The third kappa shape index (κ3) is 2.10. The van der Waals surface area contributed by atoms with Gasteiger partial charge in [0.25, 0.3) is 0 Å². The highest BCUT2D eigenvalue weighted by atomic mass is 32.1. The van der Waals surface area contributed by atoms with E-state index in [-0.39, 0.29) is 0 Å². The lowest BCUT2D eigenvalue weighted by atomic mass is 10.2. The molecule has 0 bridgehead atoms. The third-order valence-corrected chi connectivity index (χ3v) is 3.32. The Kier molecular flexibility index (Phi) is 2.68. The molecule has 0 saturated carbocycles. The quantitative estimate of drug-likeness (QED) is 0.679. The van der Waals surface area contributed by atoms with E-state index >= 15 is 0 Å². The standard InChI is InChI=1S/C14H9N2S/c1-2-5-11(6-3-1)13-10-17-14(16-13)12-7-4-8-15-9-12/h2-10H. The van der Waals surface area contributed by atoms with Gasteiger partial charge in [0.1, 0.15) is 5.01 Å². The normalized spacial score (nSPS) is 10.4. The Labute approximate surface area is 104 Å². The molecule has 0 unspecified atom stereocenters. The van der Waals surface area contributed by atoms with E-state index in [2.05, 4.69) is 21.4 Å². The number of aromatic nitrogens is 2. The molecule has 0 amide bonds. The second-order valence-corrected chi connectivity index (χ2v) is 4.43. The molecule has 0 spiro atoms. The maximum atomic E-state index is 4.62. The summed E-state index contributed by atoms with van der Waals surface area (Å²) in [7, 11) is 0. The molecule has 0 aliphatic rings. The first kappa shape index (κ1) is 10.2. The molecule has 17 heavy (non-hydrogen) atoms. The molecule has 0 saturated heterocycles. The van der Waals surface area contributed by atoms with E-state index in [0.717, 1.165) is 21.8 Å². The third-order valence-electron chi connectivity index (χ3n) is 2.43. The Morgan fingerprint density at radius 1 is 1.06 bits per heavy atom. The van der Waals surface area contributed by atoms with Gasteiger partial charge in [-0.25, -0.2) is 4.98 Å². The van der Waals surface area contributed by atoms with E-state index < -0.39 is 0 Å². The van der Waals surface area contributed by atoms with E-state index in [1.807, 2.05) is 42.6 Å². The molecule has 2 aromatic heterocycles. The van der Waals surface area contributed by atoms with E-state index in [1.54, 1.807) is 17.5 Å². The van der Waals surface area contributed by atoms with E-state index in [0.29, 0.717) is 0 Å². The molecule has 0 atom stereocenters. The summed E-state index contributed by atoms with van der Waals surface area (Å²) in [5.74, 6) is 0. The number of benzene rings is 1. The Balaban J connectivity index is 1.99. The maximum absolute atomic E-state index is 4.62. The second-order valence-electron chi connectivity index (χ2n) is 3.57. The summed E-state index contributed by atoms with van der Waals surface area (Å²) in [4.78, 5) is 8.72. The lowest BCUT2D eigenvalue weighted by molar-refractivity contribution is 1.31. The first-order valence-corrected chi connectivity index (χ1v) is 6.14. The predicted molar refractivity (Wildman–Crippen MR) is 69.6 cm³/mol. The van der Waals surface area contributed by atoms with Crippen LogP contribution in [0.2, 0.25) is 0 Å². The van der Waals surface area contributed by atoms with Crippen molar-refractivity contribution in [1.29, 1.82) is 0 Å². The van der Waals surface area contributed by atoms with Crippen LogP contribution in [-0.2, 0) is 0 Å². The molecule has 0 N–H and O–H groups in total. The molecule has 0 aliphatic carbocycles. The van der Waals surface area contributed by atoms with Crippen molar-refractivity contribution < 1.29 is 0 Å². The van der Waals surface area contributed by atoms with Gasteiger partial charge in [-0.15, -0.1) is 11.3 Å². The van der Waals surface area contributed by atoms with E-state index in [9.17, 15) is 0 Å². The Bertz CT molecular complexity index is 548. The monoisotopic (exact) mass is 237 g/mol. The predicted octanol–water partition coefficient (Wildman–Crippen LogP) is 3.67. The van der Waals surface area contributed by atoms with Crippen LogP contribution in [0.25, 0.3) is 21.8 Å². The van der Waals surface area contributed by atoms with Crippen molar-refractivity contribution in [2.24, 2.45) is 0 Å².